The number of hydrogen-bond donors (Lipinski definition) is 0. The van der Waals surface area contributed by atoms with Gasteiger partial charge in [-0.3, -0.25) is 4.90 Å². The summed E-state index contributed by atoms with van der Waals surface area (Å²) in [4.78, 5) is 16.4. The number of urea groups is 1. The Kier molecular flexibility index (Phi) is 3.80. The fraction of sp³-hybridized carbons (Fsp3) is 0.316. The molecule has 2 aromatic carbocycles. The van der Waals surface area contributed by atoms with E-state index in [0.29, 0.717) is 6.54 Å². The number of fused-ring (bicyclic) bond motifs is 1. The lowest BCUT2D eigenvalue weighted by molar-refractivity contribution is 0.206. The summed E-state index contributed by atoms with van der Waals surface area (Å²) >= 11 is 0. The second kappa shape index (κ2) is 5.88. The molecule has 0 spiro atoms. The van der Waals surface area contributed by atoms with E-state index in [1.165, 1.54) is 0 Å². The van der Waals surface area contributed by atoms with Gasteiger partial charge in [-0.25, -0.2) is 13.2 Å². The predicted octanol–water partition coefficient (Wildman–Crippen LogP) is 2.60. The molecule has 4 rings (SSSR count). The Bertz CT molecular complexity index is 894. The molecular weight excluding hydrogens is 336 g/mol. The lowest BCUT2D eigenvalue weighted by atomic mass is 10.1. The van der Waals surface area contributed by atoms with Crippen LogP contribution < -0.4 is 4.90 Å². The lowest BCUT2D eigenvalue weighted by Crippen LogP contribution is -2.37. The Balaban J connectivity index is 1.69. The number of sulfone groups is 1. The van der Waals surface area contributed by atoms with Gasteiger partial charge in [0.05, 0.1) is 23.6 Å². The quantitative estimate of drug-likeness (QED) is 0.795. The van der Waals surface area contributed by atoms with Gasteiger partial charge >= 0.3 is 6.03 Å². The van der Waals surface area contributed by atoms with Gasteiger partial charge in [0.1, 0.15) is 0 Å². The zero-order chi connectivity index (χ0) is 17.6. The minimum atomic E-state index is -3.14. The Morgan fingerprint density at radius 2 is 1.60 bits per heavy atom. The van der Waals surface area contributed by atoms with Gasteiger partial charge in [0.15, 0.2) is 9.84 Å². The van der Waals surface area contributed by atoms with Crippen molar-refractivity contribution in [3.05, 3.63) is 65.7 Å². The molecule has 5 nitrogen and oxygen atoms in total. The van der Waals surface area contributed by atoms with E-state index in [1.807, 2.05) is 61.5 Å². The summed E-state index contributed by atoms with van der Waals surface area (Å²) in [7, 11) is -3.14. The van der Waals surface area contributed by atoms with Crippen molar-refractivity contribution in [1.29, 1.82) is 0 Å². The number of rotatable bonds is 3. The number of para-hydroxylation sites is 1. The van der Waals surface area contributed by atoms with E-state index in [9.17, 15) is 13.2 Å². The second-order valence-corrected chi connectivity index (χ2v) is 8.97. The highest BCUT2D eigenvalue weighted by atomic mass is 32.2. The van der Waals surface area contributed by atoms with Crippen LogP contribution >= 0.6 is 0 Å². The topological polar surface area (TPSA) is 57.7 Å². The molecule has 6 heteroatoms. The maximum absolute atomic E-state index is 13.1. The van der Waals surface area contributed by atoms with Crippen molar-refractivity contribution in [2.75, 3.05) is 16.4 Å². The lowest BCUT2D eigenvalue weighted by Gasteiger charge is -2.22. The number of benzene rings is 2. The molecule has 0 aromatic heterocycles. The molecule has 2 heterocycles. The number of anilines is 1. The fourth-order valence-corrected chi connectivity index (χ4v) is 5.69. The van der Waals surface area contributed by atoms with Gasteiger partial charge < -0.3 is 4.90 Å². The van der Waals surface area contributed by atoms with E-state index in [2.05, 4.69) is 0 Å². The van der Waals surface area contributed by atoms with Gasteiger partial charge in [0, 0.05) is 12.2 Å². The summed E-state index contributed by atoms with van der Waals surface area (Å²) in [6.45, 7) is 2.45. The molecule has 0 radical (unpaired) electrons. The first-order valence-electron chi connectivity index (χ1n) is 8.35. The van der Waals surface area contributed by atoms with Crippen LogP contribution in [-0.2, 0) is 16.4 Å². The Morgan fingerprint density at radius 1 is 0.960 bits per heavy atom. The molecule has 0 N–H and O–H groups in total. The van der Waals surface area contributed by atoms with Crippen LogP contribution in [0.3, 0.4) is 0 Å². The first kappa shape index (κ1) is 16.1. The van der Waals surface area contributed by atoms with Crippen LogP contribution in [0.1, 0.15) is 11.1 Å². The number of carbonyl (C=O) groups is 1. The minimum Gasteiger partial charge on any atom is -0.314 e. The Hall–Kier alpha value is -2.34. The first-order valence-corrected chi connectivity index (χ1v) is 10.2. The SMILES string of the molecule is Cc1ccc(CN2C(=O)N(c3ccccc3)[C@@H]3CS(=O)(=O)C[C@H]32)cc1. The molecule has 2 fully saturated rings. The van der Waals surface area contributed by atoms with Crippen LogP contribution in [0, 0.1) is 6.92 Å². The van der Waals surface area contributed by atoms with E-state index in [1.54, 1.807) is 9.80 Å². The molecule has 0 aliphatic carbocycles. The zero-order valence-electron chi connectivity index (χ0n) is 14.0. The molecule has 2 aliphatic heterocycles. The molecule has 2 amide bonds. The van der Waals surface area contributed by atoms with Crippen LogP contribution in [0.4, 0.5) is 10.5 Å². The predicted molar refractivity (Wildman–Crippen MR) is 97.3 cm³/mol. The summed E-state index contributed by atoms with van der Waals surface area (Å²) in [5.74, 6) is 0.0707. The maximum atomic E-state index is 13.1. The molecule has 25 heavy (non-hydrogen) atoms. The van der Waals surface area contributed by atoms with Crippen LogP contribution in [0.15, 0.2) is 54.6 Å². The molecule has 2 aliphatic rings. The minimum absolute atomic E-state index is 0.0305. The second-order valence-electron chi connectivity index (χ2n) is 6.81. The molecule has 0 unspecified atom stereocenters. The molecule has 130 valence electrons. The van der Waals surface area contributed by atoms with Gasteiger partial charge in [0.25, 0.3) is 0 Å². The van der Waals surface area contributed by atoms with Crippen molar-refractivity contribution < 1.29 is 13.2 Å². The molecule has 0 saturated carbocycles. The van der Waals surface area contributed by atoms with Crippen molar-refractivity contribution in [1.82, 2.24) is 4.90 Å². The largest absolute Gasteiger partial charge is 0.325 e. The van der Waals surface area contributed by atoms with Crippen molar-refractivity contribution in [3.63, 3.8) is 0 Å². The number of carbonyl (C=O) groups excluding carboxylic acids is 1. The molecule has 0 bridgehead atoms. The molecule has 2 saturated heterocycles. The van der Waals surface area contributed by atoms with Gasteiger partial charge in [-0.2, -0.15) is 0 Å². The molecule has 2 atom stereocenters. The smallest absolute Gasteiger partial charge is 0.314 e. The average Bonchev–Trinajstić information content (AvgIpc) is 3.01. The highest BCUT2D eigenvalue weighted by Gasteiger charge is 2.53. The van der Waals surface area contributed by atoms with Gasteiger partial charge in [-0.05, 0) is 24.6 Å². The fourth-order valence-electron chi connectivity index (χ4n) is 3.74. The van der Waals surface area contributed by atoms with E-state index >= 15 is 0 Å². The Morgan fingerprint density at radius 3 is 2.28 bits per heavy atom. The third kappa shape index (κ3) is 2.91. The number of hydrogen-bond acceptors (Lipinski definition) is 3. The van der Waals surface area contributed by atoms with Crippen molar-refractivity contribution in [2.45, 2.75) is 25.6 Å². The summed E-state index contributed by atoms with van der Waals surface area (Å²) in [5, 5.41) is 0. The number of amides is 2. The van der Waals surface area contributed by atoms with Crippen molar-refractivity contribution in [2.24, 2.45) is 0 Å². The van der Waals surface area contributed by atoms with Crippen LogP contribution in [-0.4, -0.2) is 42.9 Å². The van der Waals surface area contributed by atoms with Gasteiger partial charge in [-0.15, -0.1) is 0 Å². The summed E-state index contributed by atoms with van der Waals surface area (Å²) in [5.41, 5.74) is 2.92. The summed E-state index contributed by atoms with van der Waals surface area (Å²) < 4.78 is 24.4. The summed E-state index contributed by atoms with van der Waals surface area (Å²) in [6, 6.07) is 16.6. The average molecular weight is 356 g/mol. The third-order valence-electron chi connectivity index (χ3n) is 4.99. The van der Waals surface area contributed by atoms with E-state index < -0.39 is 9.84 Å². The highest BCUT2D eigenvalue weighted by molar-refractivity contribution is 7.91. The first-order chi connectivity index (χ1) is 11.9. The van der Waals surface area contributed by atoms with Crippen LogP contribution in [0.2, 0.25) is 0 Å². The van der Waals surface area contributed by atoms with Gasteiger partial charge in [-0.1, -0.05) is 48.0 Å². The Labute approximate surface area is 147 Å². The van der Waals surface area contributed by atoms with Crippen LogP contribution in [0.25, 0.3) is 0 Å². The third-order valence-corrected chi connectivity index (χ3v) is 6.68. The van der Waals surface area contributed by atoms with E-state index in [4.69, 9.17) is 0 Å². The van der Waals surface area contributed by atoms with E-state index in [-0.39, 0.29) is 29.6 Å². The monoisotopic (exact) mass is 356 g/mol. The molecule has 2 aromatic rings. The maximum Gasteiger partial charge on any atom is 0.325 e. The summed E-state index contributed by atoms with van der Waals surface area (Å²) in [6.07, 6.45) is 0. The normalized spacial score (nSPS) is 24.6. The number of nitrogens with zero attached hydrogens (tertiary/aromatic N) is 2. The number of aryl methyl sites for hydroxylation is 1. The van der Waals surface area contributed by atoms with Crippen LogP contribution in [0.5, 0.6) is 0 Å². The van der Waals surface area contributed by atoms with Crippen molar-refractivity contribution >= 4 is 21.6 Å². The molecular formula is C19H20N2O3S. The zero-order valence-corrected chi connectivity index (χ0v) is 14.8. The van der Waals surface area contributed by atoms with Gasteiger partial charge in [0.2, 0.25) is 0 Å². The van der Waals surface area contributed by atoms with Crippen molar-refractivity contribution in [3.8, 4) is 0 Å². The standard InChI is InChI=1S/C19H20N2O3S/c1-14-7-9-15(10-8-14)11-20-17-12-25(23,24)13-18(17)21(19(20)22)16-5-3-2-4-6-16/h2-10,17-18H,11-13H2,1H3/t17-,18-/m1/s1. The van der Waals surface area contributed by atoms with E-state index in [0.717, 1.165) is 16.8 Å². The highest BCUT2D eigenvalue weighted by Crippen LogP contribution is 2.35.